The normalized spacial score (nSPS) is 14.0. The molecule has 1 aliphatic rings. The Bertz CT molecular complexity index is 878. The molecule has 0 radical (unpaired) electrons. The average Bonchev–Trinajstić information content (AvgIpc) is 3.03. The summed E-state index contributed by atoms with van der Waals surface area (Å²) in [6.45, 7) is 0. The summed E-state index contributed by atoms with van der Waals surface area (Å²) in [4.78, 5) is 25.8. The smallest absolute Gasteiger partial charge is 0.266 e. The Labute approximate surface area is 118 Å². The molecule has 2 heterocycles. The second kappa shape index (κ2) is 3.92. The van der Waals surface area contributed by atoms with E-state index in [0.29, 0.717) is 22.0 Å². The van der Waals surface area contributed by atoms with Crippen molar-refractivity contribution in [1.29, 1.82) is 0 Å². The largest absolute Gasteiger partial charge is 0.506 e. The van der Waals surface area contributed by atoms with Crippen LogP contribution in [0.2, 0.25) is 0 Å². The molecule has 1 aliphatic heterocycles. The van der Waals surface area contributed by atoms with E-state index in [4.69, 9.17) is 0 Å². The third-order valence-corrected chi connectivity index (χ3v) is 3.57. The van der Waals surface area contributed by atoms with Gasteiger partial charge in [-0.15, -0.1) is 0 Å². The summed E-state index contributed by atoms with van der Waals surface area (Å²) in [5.74, 6) is -1.02. The van der Waals surface area contributed by atoms with Gasteiger partial charge in [-0.1, -0.05) is 12.1 Å². The highest BCUT2D eigenvalue weighted by molar-refractivity contribution is 6.35. The van der Waals surface area contributed by atoms with E-state index in [0.717, 1.165) is 4.90 Å². The molecular weight excluding hydrogens is 270 g/mol. The van der Waals surface area contributed by atoms with Gasteiger partial charge < -0.3 is 5.11 Å². The summed E-state index contributed by atoms with van der Waals surface area (Å²) >= 11 is 0. The van der Waals surface area contributed by atoms with Gasteiger partial charge in [0.05, 0.1) is 28.5 Å². The SMILES string of the molecule is O=C1c2ccccc2C(=O)N1c1cc2[nH]ncc2cc1O. The Hall–Kier alpha value is -3.15. The molecule has 1 aromatic heterocycles. The van der Waals surface area contributed by atoms with E-state index in [1.54, 1.807) is 36.5 Å². The van der Waals surface area contributed by atoms with Crippen LogP contribution in [0, 0.1) is 0 Å². The number of carbonyl (C=O) groups is 2. The minimum Gasteiger partial charge on any atom is -0.506 e. The van der Waals surface area contributed by atoms with Crippen LogP contribution in [0.3, 0.4) is 0 Å². The van der Waals surface area contributed by atoms with Gasteiger partial charge in [0.25, 0.3) is 11.8 Å². The molecule has 0 fully saturated rings. The van der Waals surface area contributed by atoms with E-state index < -0.39 is 11.8 Å². The summed E-state index contributed by atoms with van der Waals surface area (Å²) in [6.07, 6.45) is 1.56. The van der Waals surface area contributed by atoms with Gasteiger partial charge in [-0.25, -0.2) is 4.90 Å². The minimum absolute atomic E-state index is 0.140. The van der Waals surface area contributed by atoms with E-state index in [9.17, 15) is 14.7 Å². The lowest BCUT2D eigenvalue weighted by molar-refractivity contribution is 0.0925. The van der Waals surface area contributed by atoms with Gasteiger partial charge >= 0.3 is 0 Å². The molecule has 0 spiro atoms. The molecule has 0 aliphatic carbocycles. The molecule has 3 aromatic rings. The topological polar surface area (TPSA) is 86.3 Å². The molecule has 6 heteroatoms. The maximum absolute atomic E-state index is 12.4. The summed E-state index contributed by atoms with van der Waals surface area (Å²) in [6, 6.07) is 9.61. The molecule has 0 atom stereocenters. The zero-order valence-corrected chi connectivity index (χ0v) is 10.7. The maximum atomic E-state index is 12.4. The number of amides is 2. The molecule has 102 valence electrons. The van der Waals surface area contributed by atoms with E-state index in [1.807, 2.05) is 0 Å². The van der Waals surface area contributed by atoms with E-state index in [1.165, 1.54) is 6.07 Å². The summed E-state index contributed by atoms with van der Waals surface area (Å²) < 4.78 is 0. The predicted molar refractivity (Wildman–Crippen MR) is 75.3 cm³/mol. The first-order chi connectivity index (χ1) is 10.2. The van der Waals surface area contributed by atoms with Crippen molar-refractivity contribution in [3.05, 3.63) is 53.7 Å². The lowest BCUT2D eigenvalue weighted by atomic mass is 10.1. The maximum Gasteiger partial charge on any atom is 0.266 e. The number of benzene rings is 2. The number of fused-ring (bicyclic) bond motifs is 2. The Morgan fingerprint density at radius 2 is 1.71 bits per heavy atom. The molecule has 0 saturated carbocycles. The third-order valence-electron chi connectivity index (χ3n) is 3.57. The highest BCUT2D eigenvalue weighted by Crippen LogP contribution is 2.36. The quantitative estimate of drug-likeness (QED) is 0.668. The Morgan fingerprint density at radius 3 is 2.38 bits per heavy atom. The van der Waals surface area contributed by atoms with Crippen LogP contribution in [0.15, 0.2) is 42.6 Å². The van der Waals surface area contributed by atoms with Gasteiger partial charge in [0.1, 0.15) is 5.75 Å². The minimum atomic E-state index is -0.440. The van der Waals surface area contributed by atoms with Gasteiger partial charge in [-0.3, -0.25) is 14.7 Å². The lowest BCUT2D eigenvalue weighted by Crippen LogP contribution is -2.29. The summed E-state index contributed by atoms with van der Waals surface area (Å²) in [5, 5.41) is 17.4. The van der Waals surface area contributed by atoms with Crippen LogP contribution in [-0.4, -0.2) is 27.1 Å². The van der Waals surface area contributed by atoms with Crippen LogP contribution < -0.4 is 4.90 Å². The Balaban J connectivity index is 1.92. The van der Waals surface area contributed by atoms with Gasteiger partial charge in [-0.2, -0.15) is 5.10 Å². The number of phenols is 1. The molecule has 2 N–H and O–H groups in total. The van der Waals surface area contributed by atoms with Gasteiger partial charge in [0, 0.05) is 5.39 Å². The number of nitrogens with one attached hydrogen (secondary N) is 1. The van der Waals surface area contributed by atoms with Gasteiger partial charge in [-0.05, 0) is 24.3 Å². The number of nitrogens with zero attached hydrogens (tertiary/aromatic N) is 2. The van der Waals surface area contributed by atoms with E-state index in [2.05, 4.69) is 10.2 Å². The van der Waals surface area contributed by atoms with Crippen molar-refractivity contribution >= 4 is 28.4 Å². The number of imide groups is 1. The number of carbonyl (C=O) groups excluding carboxylic acids is 2. The fourth-order valence-electron chi connectivity index (χ4n) is 2.56. The molecule has 4 rings (SSSR count). The highest BCUT2D eigenvalue weighted by atomic mass is 16.3. The van der Waals surface area contributed by atoms with Crippen molar-refractivity contribution in [3.8, 4) is 5.75 Å². The first kappa shape index (κ1) is 11.7. The Morgan fingerprint density at radius 1 is 1.05 bits per heavy atom. The van der Waals surface area contributed by atoms with Crippen molar-refractivity contribution in [2.24, 2.45) is 0 Å². The van der Waals surface area contributed by atoms with E-state index >= 15 is 0 Å². The molecule has 6 nitrogen and oxygen atoms in total. The lowest BCUT2D eigenvalue weighted by Gasteiger charge is -2.15. The van der Waals surface area contributed by atoms with Crippen molar-refractivity contribution in [3.63, 3.8) is 0 Å². The van der Waals surface area contributed by atoms with E-state index in [-0.39, 0.29) is 11.4 Å². The van der Waals surface area contributed by atoms with Crippen molar-refractivity contribution in [2.45, 2.75) is 0 Å². The van der Waals surface area contributed by atoms with Gasteiger partial charge in [0.15, 0.2) is 0 Å². The van der Waals surface area contributed by atoms with Crippen LogP contribution in [0.25, 0.3) is 10.9 Å². The number of aromatic nitrogens is 2. The number of hydrogen-bond donors (Lipinski definition) is 2. The first-order valence-corrected chi connectivity index (χ1v) is 6.31. The molecular formula is C15H9N3O3. The zero-order chi connectivity index (χ0) is 14.6. The summed E-state index contributed by atoms with van der Waals surface area (Å²) in [7, 11) is 0. The Kier molecular flexibility index (Phi) is 2.18. The number of phenolic OH excluding ortho intramolecular Hbond substituents is 1. The average molecular weight is 279 g/mol. The second-order valence-electron chi connectivity index (χ2n) is 4.79. The first-order valence-electron chi connectivity index (χ1n) is 6.31. The molecule has 2 aromatic carbocycles. The second-order valence-corrected chi connectivity index (χ2v) is 4.79. The molecule has 2 amide bonds. The third kappa shape index (κ3) is 1.50. The number of aromatic hydroxyl groups is 1. The fourth-order valence-corrected chi connectivity index (χ4v) is 2.56. The van der Waals surface area contributed by atoms with Gasteiger partial charge in [0.2, 0.25) is 0 Å². The highest BCUT2D eigenvalue weighted by Gasteiger charge is 2.37. The van der Waals surface area contributed by atoms with Crippen molar-refractivity contribution < 1.29 is 14.7 Å². The number of aromatic amines is 1. The van der Waals surface area contributed by atoms with Crippen LogP contribution in [0.5, 0.6) is 5.75 Å². The van der Waals surface area contributed by atoms with Crippen LogP contribution in [0.4, 0.5) is 5.69 Å². The van der Waals surface area contributed by atoms with Crippen LogP contribution in [-0.2, 0) is 0 Å². The van der Waals surface area contributed by atoms with Crippen molar-refractivity contribution in [1.82, 2.24) is 10.2 Å². The number of rotatable bonds is 1. The number of hydrogen-bond acceptors (Lipinski definition) is 4. The van der Waals surface area contributed by atoms with Crippen molar-refractivity contribution in [2.75, 3.05) is 4.90 Å². The van der Waals surface area contributed by atoms with Crippen LogP contribution in [0.1, 0.15) is 20.7 Å². The zero-order valence-electron chi connectivity index (χ0n) is 10.7. The molecule has 0 unspecified atom stereocenters. The number of anilines is 1. The predicted octanol–water partition coefficient (Wildman–Crippen LogP) is 2.07. The molecule has 0 saturated heterocycles. The fraction of sp³-hybridized carbons (Fsp3) is 0. The number of H-pyrrole nitrogens is 1. The van der Waals surface area contributed by atoms with Crippen LogP contribution >= 0.6 is 0 Å². The monoisotopic (exact) mass is 279 g/mol. The summed E-state index contributed by atoms with van der Waals surface area (Å²) in [5.41, 5.74) is 1.47. The standard InChI is InChI=1S/C15H9N3O3/c19-13-5-8-7-16-17-11(8)6-12(13)18-14(20)9-3-1-2-4-10(9)15(18)21/h1-7,19H,(H,16,17). The molecule has 0 bridgehead atoms. The molecule has 21 heavy (non-hydrogen) atoms.